The van der Waals surface area contributed by atoms with Crippen LogP contribution in [0.3, 0.4) is 0 Å². The van der Waals surface area contributed by atoms with Crippen molar-refractivity contribution in [1.29, 1.82) is 0 Å². The van der Waals surface area contributed by atoms with Gasteiger partial charge in [0.25, 0.3) is 0 Å². The van der Waals surface area contributed by atoms with Crippen LogP contribution in [0, 0.1) is 17.8 Å². The molecule has 2 aromatic rings. The molecule has 10 heteroatoms. The normalized spacial score (nSPS) is 25.4. The van der Waals surface area contributed by atoms with E-state index in [2.05, 4.69) is 0 Å². The van der Waals surface area contributed by atoms with Crippen LogP contribution in [0.1, 0.15) is 30.4 Å². The van der Waals surface area contributed by atoms with Crippen molar-refractivity contribution in [3.8, 4) is 0 Å². The molecule has 2 saturated carbocycles. The van der Waals surface area contributed by atoms with Crippen LogP contribution in [-0.2, 0) is 27.5 Å². The summed E-state index contributed by atoms with van der Waals surface area (Å²) in [6.07, 6.45) is -2.20. The van der Waals surface area contributed by atoms with Gasteiger partial charge in [-0.1, -0.05) is 23.7 Å². The van der Waals surface area contributed by atoms with Crippen molar-refractivity contribution in [3.05, 3.63) is 64.7 Å². The summed E-state index contributed by atoms with van der Waals surface area (Å²) in [6.45, 7) is -0.166. The lowest BCUT2D eigenvalue weighted by Crippen LogP contribution is -2.50. The van der Waals surface area contributed by atoms with Gasteiger partial charge in [0.1, 0.15) is 0 Å². The van der Waals surface area contributed by atoms with Gasteiger partial charge in [-0.05, 0) is 73.1 Å². The molecule has 0 radical (unpaired) electrons. The third-order valence-corrected chi connectivity index (χ3v) is 8.68. The Labute approximate surface area is 189 Å². The summed E-state index contributed by atoms with van der Waals surface area (Å²) in [7, 11) is -4.08. The van der Waals surface area contributed by atoms with Crippen LogP contribution >= 0.6 is 11.6 Å². The van der Waals surface area contributed by atoms with Gasteiger partial charge in [0.2, 0.25) is 15.9 Å². The average molecular weight is 487 g/mol. The first-order valence-corrected chi connectivity index (χ1v) is 12.0. The smallest absolute Gasteiger partial charge is 0.369 e. The van der Waals surface area contributed by atoms with Crippen molar-refractivity contribution in [2.45, 2.75) is 42.9 Å². The number of halogens is 4. The van der Waals surface area contributed by atoms with E-state index >= 15 is 0 Å². The molecule has 5 nitrogen and oxygen atoms in total. The lowest BCUT2D eigenvalue weighted by atomic mass is 9.84. The van der Waals surface area contributed by atoms with Crippen LogP contribution < -0.4 is 5.73 Å². The summed E-state index contributed by atoms with van der Waals surface area (Å²) in [5.41, 5.74) is 5.25. The molecule has 4 rings (SSSR count). The Hall–Kier alpha value is -2.10. The van der Waals surface area contributed by atoms with Gasteiger partial charge < -0.3 is 5.73 Å². The second-order valence-corrected chi connectivity index (χ2v) is 10.8. The standard InChI is InChI=1S/C22H22ClF3N2O3S/c23-17-7-9-18(10-8-17)32(30,31)28(12-13-1-5-16(6-2-13)22(24,25)26)20-15-4-3-14(11-15)19(20)21(27)29/h1-2,5-10,14-15,19-20H,3-4,11-12H2,(H2,27,29)/t14-,15-,19+,20-/m0/s1. The molecule has 4 atom stereocenters. The van der Waals surface area contributed by atoms with Gasteiger partial charge in [0.05, 0.1) is 16.4 Å². The van der Waals surface area contributed by atoms with E-state index in [1.807, 2.05) is 0 Å². The highest BCUT2D eigenvalue weighted by atomic mass is 35.5. The van der Waals surface area contributed by atoms with E-state index in [1.54, 1.807) is 0 Å². The quantitative estimate of drug-likeness (QED) is 0.655. The zero-order chi connectivity index (χ0) is 23.3. The monoisotopic (exact) mass is 486 g/mol. The zero-order valence-corrected chi connectivity index (χ0v) is 18.5. The van der Waals surface area contributed by atoms with E-state index in [9.17, 15) is 26.4 Å². The molecule has 0 heterocycles. The Bertz CT molecular complexity index is 1100. The number of benzene rings is 2. The number of rotatable bonds is 6. The fraction of sp³-hybridized carbons (Fsp3) is 0.409. The molecular weight excluding hydrogens is 465 g/mol. The van der Waals surface area contributed by atoms with E-state index in [0.29, 0.717) is 17.0 Å². The fourth-order valence-corrected chi connectivity index (χ4v) is 6.97. The molecule has 2 aliphatic carbocycles. The maximum absolute atomic E-state index is 13.7. The molecule has 0 aliphatic heterocycles. The van der Waals surface area contributed by atoms with Gasteiger partial charge in [0, 0.05) is 17.6 Å². The highest BCUT2D eigenvalue weighted by Gasteiger charge is 2.54. The van der Waals surface area contributed by atoms with Crippen molar-refractivity contribution in [2.75, 3.05) is 0 Å². The van der Waals surface area contributed by atoms with E-state index in [-0.39, 0.29) is 23.3 Å². The van der Waals surface area contributed by atoms with Crippen molar-refractivity contribution >= 4 is 27.5 Å². The Morgan fingerprint density at radius 3 is 2.19 bits per heavy atom. The molecule has 2 bridgehead atoms. The molecule has 0 spiro atoms. The molecule has 2 aliphatic rings. The summed E-state index contributed by atoms with van der Waals surface area (Å²) in [5, 5.41) is 0.369. The van der Waals surface area contributed by atoms with Crippen LogP contribution in [0.25, 0.3) is 0 Å². The summed E-state index contributed by atoms with van der Waals surface area (Å²) in [5.74, 6) is -1.21. The van der Waals surface area contributed by atoms with Gasteiger partial charge in [-0.25, -0.2) is 8.42 Å². The van der Waals surface area contributed by atoms with Crippen LogP contribution in [0.15, 0.2) is 53.4 Å². The number of carbonyl (C=O) groups is 1. The zero-order valence-electron chi connectivity index (χ0n) is 16.9. The minimum atomic E-state index is -4.49. The van der Waals surface area contributed by atoms with Crippen LogP contribution in [0.5, 0.6) is 0 Å². The number of nitrogens with zero attached hydrogens (tertiary/aromatic N) is 1. The lowest BCUT2D eigenvalue weighted by molar-refractivity contribution is -0.137. The molecular formula is C22H22ClF3N2O3S. The van der Waals surface area contributed by atoms with Gasteiger partial charge in [-0.15, -0.1) is 0 Å². The van der Waals surface area contributed by atoms with Gasteiger partial charge >= 0.3 is 6.18 Å². The Morgan fingerprint density at radius 1 is 1.03 bits per heavy atom. The van der Waals surface area contributed by atoms with Gasteiger partial charge in [0.15, 0.2) is 0 Å². The Kier molecular flexibility index (Phi) is 6.02. The highest BCUT2D eigenvalue weighted by Crippen LogP contribution is 2.51. The number of alkyl halides is 3. The Morgan fingerprint density at radius 2 is 1.62 bits per heavy atom. The van der Waals surface area contributed by atoms with Crippen LogP contribution in [0.4, 0.5) is 13.2 Å². The predicted molar refractivity (Wildman–Crippen MR) is 113 cm³/mol. The molecule has 172 valence electrons. The third kappa shape index (κ3) is 4.25. The summed E-state index contributed by atoms with van der Waals surface area (Å²) in [4.78, 5) is 12.3. The molecule has 0 aromatic heterocycles. The Balaban J connectivity index is 1.75. The minimum Gasteiger partial charge on any atom is -0.369 e. The van der Waals surface area contributed by atoms with Gasteiger partial charge in [-0.3, -0.25) is 4.79 Å². The number of sulfonamides is 1. The number of hydrogen-bond donors (Lipinski definition) is 1. The first-order valence-electron chi connectivity index (χ1n) is 10.2. The average Bonchev–Trinajstić information content (AvgIpc) is 3.33. The minimum absolute atomic E-state index is 0.000180. The van der Waals surface area contributed by atoms with Crippen molar-refractivity contribution < 1.29 is 26.4 Å². The largest absolute Gasteiger partial charge is 0.416 e. The van der Waals surface area contributed by atoms with Crippen molar-refractivity contribution in [1.82, 2.24) is 4.31 Å². The highest BCUT2D eigenvalue weighted by molar-refractivity contribution is 7.89. The molecule has 0 saturated heterocycles. The van der Waals surface area contributed by atoms with E-state index < -0.39 is 39.6 Å². The van der Waals surface area contributed by atoms with E-state index in [1.165, 1.54) is 40.7 Å². The predicted octanol–water partition coefficient (Wildman–Crippen LogP) is 4.45. The second-order valence-electron chi connectivity index (χ2n) is 8.45. The van der Waals surface area contributed by atoms with Crippen molar-refractivity contribution in [3.63, 3.8) is 0 Å². The maximum Gasteiger partial charge on any atom is 0.416 e. The summed E-state index contributed by atoms with van der Waals surface area (Å²) in [6, 6.07) is 9.40. The number of hydrogen-bond acceptors (Lipinski definition) is 3. The SMILES string of the molecule is NC(=O)[C@@H]1[C@H]2CC[C@@H](C2)[C@@H]1N(Cc1ccc(C(F)(F)F)cc1)S(=O)(=O)c1ccc(Cl)cc1. The van der Waals surface area contributed by atoms with Crippen LogP contribution in [-0.4, -0.2) is 24.7 Å². The summed E-state index contributed by atoms with van der Waals surface area (Å²) < 4.78 is 67.4. The van der Waals surface area contributed by atoms with E-state index in [0.717, 1.165) is 25.0 Å². The maximum atomic E-state index is 13.7. The second kappa shape index (κ2) is 8.35. The number of carbonyl (C=O) groups excluding carboxylic acids is 1. The number of amides is 1. The topological polar surface area (TPSA) is 80.5 Å². The van der Waals surface area contributed by atoms with Crippen molar-refractivity contribution in [2.24, 2.45) is 23.5 Å². The molecule has 2 fully saturated rings. The molecule has 1 amide bonds. The van der Waals surface area contributed by atoms with E-state index in [4.69, 9.17) is 17.3 Å². The number of fused-ring (bicyclic) bond motifs is 2. The first-order chi connectivity index (χ1) is 15.0. The molecule has 0 unspecified atom stereocenters. The first kappa shape index (κ1) is 23.1. The van der Waals surface area contributed by atoms with Gasteiger partial charge in [-0.2, -0.15) is 17.5 Å². The number of primary amides is 1. The summed E-state index contributed by atoms with van der Waals surface area (Å²) >= 11 is 5.90. The molecule has 32 heavy (non-hydrogen) atoms. The lowest BCUT2D eigenvalue weighted by Gasteiger charge is -2.37. The molecule has 2 N–H and O–H groups in total. The van der Waals surface area contributed by atoms with Crippen LogP contribution in [0.2, 0.25) is 5.02 Å². The molecule has 2 aromatic carbocycles. The third-order valence-electron chi connectivity index (χ3n) is 6.57. The number of nitrogens with two attached hydrogens (primary N) is 1. The fourth-order valence-electron chi connectivity index (χ4n) is 5.15.